The molecule has 0 aromatic heterocycles. The summed E-state index contributed by atoms with van der Waals surface area (Å²) in [6.45, 7) is 1.22. The molecular weight excluding hydrogens is 350 g/mol. The van der Waals surface area contributed by atoms with Crippen molar-refractivity contribution in [2.45, 2.75) is 24.9 Å². The number of fused-ring (bicyclic) bond motifs is 3. The van der Waals surface area contributed by atoms with Crippen molar-refractivity contribution in [3.8, 4) is 0 Å². The molecule has 3 amide bonds. The summed E-state index contributed by atoms with van der Waals surface area (Å²) in [5, 5.41) is 3.44. The Kier molecular flexibility index (Phi) is 4.48. The van der Waals surface area contributed by atoms with Gasteiger partial charge in [0.15, 0.2) is 0 Å². The van der Waals surface area contributed by atoms with Gasteiger partial charge in [0.2, 0.25) is 0 Å². The van der Waals surface area contributed by atoms with Gasteiger partial charge in [-0.25, -0.2) is 4.79 Å². The highest BCUT2D eigenvalue weighted by Gasteiger charge is 2.56. The van der Waals surface area contributed by atoms with Crippen molar-refractivity contribution in [3.05, 3.63) is 30.3 Å². The summed E-state index contributed by atoms with van der Waals surface area (Å²) < 4.78 is 4.64. The van der Waals surface area contributed by atoms with E-state index < -0.39 is 24.2 Å². The molecule has 1 N–H and O–H groups in total. The number of benzene rings is 1. The van der Waals surface area contributed by atoms with E-state index in [9.17, 15) is 14.4 Å². The zero-order valence-electron chi connectivity index (χ0n) is 15.4. The molecule has 1 aromatic carbocycles. The number of para-hydroxylation sites is 1. The van der Waals surface area contributed by atoms with Crippen molar-refractivity contribution in [1.29, 1.82) is 0 Å². The molecule has 0 bridgehead atoms. The van der Waals surface area contributed by atoms with Gasteiger partial charge in [-0.1, -0.05) is 18.2 Å². The molecule has 3 atom stereocenters. The van der Waals surface area contributed by atoms with Gasteiger partial charge in [0.05, 0.1) is 7.11 Å². The predicted molar refractivity (Wildman–Crippen MR) is 96.5 cm³/mol. The molecule has 4 rings (SSSR count). The second kappa shape index (κ2) is 6.82. The van der Waals surface area contributed by atoms with Crippen LogP contribution in [0.5, 0.6) is 0 Å². The lowest BCUT2D eigenvalue weighted by Crippen LogP contribution is -2.67. The molecule has 3 aliphatic heterocycles. The van der Waals surface area contributed by atoms with E-state index in [1.165, 1.54) is 12.0 Å². The number of anilines is 1. The fraction of sp³-hybridized carbons (Fsp3) is 0.500. The topological polar surface area (TPSA) is 85.4 Å². The number of urea groups is 1. The number of imide groups is 1. The van der Waals surface area contributed by atoms with Gasteiger partial charge in [-0.05, 0) is 18.6 Å². The number of hydrogen-bond acceptors (Lipinski definition) is 7. The monoisotopic (exact) mass is 373 g/mol. The fourth-order valence-electron chi connectivity index (χ4n) is 4.14. The van der Waals surface area contributed by atoms with Gasteiger partial charge in [-0.3, -0.25) is 24.7 Å². The summed E-state index contributed by atoms with van der Waals surface area (Å²) in [6, 6.07) is 8.97. The number of likely N-dealkylation sites (N-methyl/N-ethyl adjacent to an activating group) is 1. The number of rotatable bonds is 3. The van der Waals surface area contributed by atoms with Crippen LogP contribution in [0.2, 0.25) is 0 Å². The second-order valence-corrected chi connectivity index (χ2v) is 6.94. The summed E-state index contributed by atoms with van der Waals surface area (Å²) in [5.74, 6) is -0.978. The maximum Gasteiger partial charge on any atom is 0.328 e. The van der Waals surface area contributed by atoms with E-state index in [1.807, 2.05) is 30.3 Å². The average molecular weight is 373 g/mol. The molecule has 3 fully saturated rings. The molecule has 9 nitrogen and oxygen atoms in total. The molecule has 1 aromatic rings. The second-order valence-electron chi connectivity index (χ2n) is 6.94. The van der Waals surface area contributed by atoms with E-state index in [2.05, 4.69) is 19.9 Å². The van der Waals surface area contributed by atoms with Gasteiger partial charge >= 0.3 is 12.0 Å². The summed E-state index contributed by atoms with van der Waals surface area (Å²) in [4.78, 5) is 44.2. The number of hydrogen-bond donors (Lipinski definition) is 1. The number of nitrogens with one attached hydrogen (secondary N) is 1. The Bertz CT molecular complexity index is 757. The van der Waals surface area contributed by atoms with Gasteiger partial charge < -0.3 is 14.5 Å². The Morgan fingerprint density at radius 1 is 1.22 bits per heavy atom. The summed E-state index contributed by atoms with van der Waals surface area (Å²) in [5.41, 5.74) is 1.06. The largest absolute Gasteiger partial charge is 0.468 e. The van der Waals surface area contributed by atoms with Crippen molar-refractivity contribution < 1.29 is 19.1 Å². The Morgan fingerprint density at radius 3 is 2.67 bits per heavy atom. The molecule has 144 valence electrons. The van der Waals surface area contributed by atoms with Crippen LogP contribution < -0.4 is 10.2 Å². The van der Waals surface area contributed by atoms with Crippen LogP contribution in [0.4, 0.5) is 10.5 Å². The number of ether oxygens (including phenoxy) is 1. The normalized spacial score (nSPS) is 28.2. The highest BCUT2D eigenvalue weighted by molar-refractivity contribution is 6.02. The minimum atomic E-state index is -0.615. The van der Waals surface area contributed by atoms with Crippen molar-refractivity contribution in [2.24, 2.45) is 0 Å². The lowest BCUT2D eigenvalue weighted by molar-refractivity contribution is -0.149. The highest BCUT2D eigenvalue weighted by Crippen LogP contribution is 2.32. The van der Waals surface area contributed by atoms with Crippen LogP contribution in [0, 0.1) is 0 Å². The Morgan fingerprint density at radius 2 is 1.96 bits per heavy atom. The first-order chi connectivity index (χ1) is 13.0. The molecule has 3 saturated heterocycles. The van der Waals surface area contributed by atoms with Crippen molar-refractivity contribution in [3.63, 3.8) is 0 Å². The lowest BCUT2D eigenvalue weighted by atomic mass is 10.1. The number of carbonyl (C=O) groups excluding carboxylic acids is 3. The SMILES string of the molecule is COC(=O)CN1C(=O)C2C(NC3N(c4ccccc4)CCCN23)N(C)C1=O. The molecule has 0 spiro atoms. The van der Waals surface area contributed by atoms with Crippen LogP contribution in [0.15, 0.2) is 30.3 Å². The van der Waals surface area contributed by atoms with Crippen LogP contribution in [0.3, 0.4) is 0 Å². The smallest absolute Gasteiger partial charge is 0.328 e. The van der Waals surface area contributed by atoms with Crippen LogP contribution >= 0.6 is 0 Å². The Hall–Kier alpha value is -2.65. The Labute approximate surface area is 157 Å². The van der Waals surface area contributed by atoms with Crippen molar-refractivity contribution in [2.75, 3.05) is 38.7 Å². The molecular formula is C18H23N5O4. The van der Waals surface area contributed by atoms with Crippen LogP contribution in [-0.4, -0.2) is 84.9 Å². The molecule has 3 heterocycles. The van der Waals surface area contributed by atoms with Gasteiger partial charge in [-0.15, -0.1) is 0 Å². The van der Waals surface area contributed by atoms with Gasteiger partial charge in [0, 0.05) is 25.8 Å². The first kappa shape index (κ1) is 17.7. The first-order valence-corrected chi connectivity index (χ1v) is 9.01. The molecule has 3 aliphatic rings. The summed E-state index contributed by atoms with van der Waals surface area (Å²) >= 11 is 0. The fourth-order valence-corrected chi connectivity index (χ4v) is 4.14. The van der Waals surface area contributed by atoms with Crippen molar-refractivity contribution in [1.82, 2.24) is 20.0 Å². The van der Waals surface area contributed by atoms with E-state index in [0.717, 1.165) is 30.1 Å². The molecule has 27 heavy (non-hydrogen) atoms. The summed E-state index contributed by atoms with van der Waals surface area (Å²) in [6.07, 6.45) is 0.278. The zero-order valence-corrected chi connectivity index (χ0v) is 15.4. The number of esters is 1. The lowest BCUT2D eigenvalue weighted by Gasteiger charge is -2.43. The van der Waals surface area contributed by atoms with Gasteiger partial charge in [0.1, 0.15) is 25.0 Å². The molecule has 0 radical (unpaired) electrons. The average Bonchev–Trinajstić information content (AvgIpc) is 3.10. The van der Waals surface area contributed by atoms with Crippen molar-refractivity contribution >= 4 is 23.6 Å². The number of methoxy groups -OCH3 is 1. The molecule has 0 saturated carbocycles. The minimum absolute atomic E-state index is 0.187. The maximum atomic E-state index is 13.1. The summed E-state index contributed by atoms with van der Waals surface area (Å²) in [7, 11) is 2.89. The molecule has 9 heteroatoms. The maximum absolute atomic E-state index is 13.1. The van der Waals surface area contributed by atoms with Crippen LogP contribution in [0.25, 0.3) is 0 Å². The number of carbonyl (C=O) groups is 3. The third-order valence-corrected chi connectivity index (χ3v) is 5.47. The van der Waals surface area contributed by atoms with E-state index in [0.29, 0.717) is 0 Å². The predicted octanol–water partition coefficient (Wildman–Crippen LogP) is -0.153. The third-order valence-electron chi connectivity index (χ3n) is 5.47. The molecule has 3 unspecified atom stereocenters. The van der Waals surface area contributed by atoms with Gasteiger partial charge in [0.25, 0.3) is 5.91 Å². The zero-order chi connectivity index (χ0) is 19.1. The minimum Gasteiger partial charge on any atom is -0.468 e. The number of nitrogens with zero attached hydrogens (tertiary/aromatic N) is 4. The quantitative estimate of drug-likeness (QED) is 0.738. The van der Waals surface area contributed by atoms with E-state index in [-0.39, 0.29) is 18.7 Å². The first-order valence-electron chi connectivity index (χ1n) is 9.01. The highest BCUT2D eigenvalue weighted by atomic mass is 16.5. The van der Waals surface area contributed by atoms with E-state index in [4.69, 9.17) is 0 Å². The Balaban J connectivity index is 1.63. The van der Waals surface area contributed by atoms with E-state index in [1.54, 1.807) is 7.05 Å². The third kappa shape index (κ3) is 2.83. The van der Waals surface area contributed by atoms with E-state index >= 15 is 0 Å². The van der Waals surface area contributed by atoms with Crippen LogP contribution in [0.1, 0.15) is 6.42 Å². The molecule has 0 aliphatic carbocycles. The van der Waals surface area contributed by atoms with Crippen LogP contribution in [-0.2, 0) is 14.3 Å². The standard InChI is InChI=1S/C18H23N5O4/c1-20-15-14(16(25)23(18(20)26)11-13(24)27-2)22-10-6-9-21(17(22)19-15)12-7-4-3-5-8-12/h3-5,7-8,14-15,17,19H,6,9-11H2,1-2H3. The number of amides is 3. The van der Waals surface area contributed by atoms with Gasteiger partial charge in [-0.2, -0.15) is 0 Å².